The molecule has 2 heterocycles. The minimum Gasteiger partial charge on any atom is -0.381 e. The number of hydrogen-bond acceptors (Lipinski definition) is 3. The maximum Gasteiger partial charge on any atom is 0.120 e. The Balaban J connectivity index is 1.56. The van der Waals surface area contributed by atoms with Gasteiger partial charge in [-0.2, -0.15) is 0 Å². The maximum atomic E-state index is 10.4. The lowest BCUT2D eigenvalue weighted by molar-refractivity contribution is -0.108. The van der Waals surface area contributed by atoms with Crippen LogP contribution in [0.4, 0.5) is 0 Å². The lowest BCUT2D eigenvalue weighted by Crippen LogP contribution is -2.35. The van der Waals surface area contributed by atoms with Gasteiger partial charge in [0.05, 0.1) is 0 Å². The molecule has 0 N–H and O–H groups in total. The first-order chi connectivity index (χ1) is 8.88. The van der Waals surface area contributed by atoms with E-state index in [0.29, 0.717) is 0 Å². The molecule has 0 radical (unpaired) electrons. The van der Waals surface area contributed by atoms with Gasteiger partial charge in [0.1, 0.15) is 6.29 Å². The van der Waals surface area contributed by atoms with Crippen LogP contribution < -0.4 is 0 Å². The molecule has 0 bridgehead atoms. The van der Waals surface area contributed by atoms with E-state index < -0.39 is 0 Å². The fraction of sp³-hybridized carbons (Fsp3) is 0.933. The summed E-state index contributed by atoms with van der Waals surface area (Å²) in [6.07, 6.45) is 9.39. The zero-order chi connectivity index (χ0) is 12.6. The zero-order valence-corrected chi connectivity index (χ0v) is 11.5. The van der Waals surface area contributed by atoms with Gasteiger partial charge in [-0.1, -0.05) is 0 Å². The third-order valence-electron chi connectivity index (χ3n) is 4.59. The molecule has 0 saturated carbocycles. The van der Waals surface area contributed by atoms with Crippen molar-refractivity contribution in [2.45, 2.75) is 44.9 Å². The van der Waals surface area contributed by atoms with E-state index in [1.807, 2.05) is 0 Å². The normalized spacial score (nSPS) is 24.2. The second-order valence-electron chi connectivity index (χ2n) is 5.87. The van der Waals surface area contributed by atoms with Gasteiger partial charge in [-0.3, -0.25) is 0 Å². The smallest absolute Gasteiger partial charge is 0.120 e. The van der Waals surface area contributed by atoms with Gasteiger partial charge < -0.3 is 14.4 Å². The van der Waals surface area contributed by atoms with Crippen molar-refractivity contribution in [3.63, 3.8) is 0 Å². The first kappa shape index (κ1) is 14.0. The second-order valence-corrected chi connectivity index (χ2v) is 5.87. The first-order valence-corrected chi connectivity index (χ1v) is 7.62. The fourth-order valence-electron chi connectivity index (χ4n) is 3.20. The predicted molar refractivity (Wildman–Crippen MR) is 72.6 cm³/mol. The van der Waals surface area contributed by atoms with Crippen molar-refractivity contribution >= 4 is 6.29 Å². The van der Waals surface area contributed by atoms with Gasteiger partial charge in [0.2, 0.25) is 0 Å². The van der Waals surface area contributed by atoms with Crippen LogP contribution in [0.5, 0.6) is 0 Å². The van der Waals surface area contributed by atoms with Crippen LogP contribution in [-0.2, 0) is 9.53 Å². The fourth-order valence-corrected chi connectivity index (χ4v) is 3.20. The highest BCUT2D eigenvalue weighted by atomic mass is 16.5. The standard InChI is InChI=1S/C15H27NO2/c17-11-1-2-14-3-8-16(9-4-14)10-5-15-6-12-18-13-7-15/h11,14-15H,1-10,12-13H2. The Morgan fingerprint density at radius 3 is 2.33 bits per heavy atom. The molecule has 3 nitrogen and oxygen atoms in total. The van der Waals surface area contributed by atoms with E-state index in [2.05, 4.69) is 4.90 Å². The zero-order valence-electron chi connectivity index (χ0n) is 11.5. The highest BCUT2D eigenvalue weighted by molar-refractivity contribution is 5.49. The molecule has 2 rings (SSSR count). The quantitative estimate of drug-likeness (QED) is 0.681. The molecule has 18 heavy (non-hydrogen) atoms. The van der Waals surface area contributed by atoms with E-state index in [0.717, 1.165) is 44.2 Å². The van der Waals surface area contributed by atoms with Gasteiger partial charge in [-0.25, -0.2) is 0 Å². The van der Waals surface area contributed by atoms with Gasteiger partial charge >= 0.3 is 0 Å². The summed E-state index contributed by atoms with van der Waals surface area (Å²) in [4.78, 5) is 13.0. The monoisotopic (exact) mass is 253 g/mol. The summed E-state index contributed by atoms with van der Waals surface area (Å²) in [6.45, 7) is 5.70. The summed E-state index contributed by atoms with van der Waals surface area (Å²) in [7, 11) is 0. The minimum absolute atomic E-state index is 0.757. The van der Waals surface area contributed by atoms with Crippen LogP contribution in [0.2, 0.25) is 0 Å². The molecule has 0 amide bonds. The summed E-state index contributed by atoms with van der Waals surface area (Å²) in [5.41, 5.74) is 0. The van der Waals surface area contributed by atoms with Gasteiger partial charge in [0, 0.05) is 19.6 Å². The summed E-state index contributed by atoms with van der Waals surface area (Å²) >= 11 is 0. The largest absolute Gasteiger partial charge is 0.381 e. The molecule has 2 aliphatic heterocycles. The summed E-state index contributed by atoms with van der Waals surface area (Å²) in [6, 6.07) is 0. The van der Waals surface area contributed by atoms with Crippen LogP contribution in [0.25, 0.3) is 0 Å². The van der Waals surface area contributed by atoms with Gasteiger partial charge in [0.25, 0.3) is 0 Å². The third-order valence-corrected chi connectivity index (χ3v) is 4.59. The van der Waals surface area contributed by atoms with Crippen LogP contribution in [0.3, 0.4) is 0 Å². The number of hydrogen-bond donors (Lipinski definition) is 0. The summed E-state index contributed by atoms with van der Waals surface area (Å²) in [5.74, 6) is 1.70. The van der Waals surface area contributed by atoms with Crippen molar-refractivity contribution in [1.82, 2.24) is 4.90 Å². The Morgan fingerprint density at radius 1 is 1.00 bits per heavy atom. The van der Waals surface area contributed by atoms with Crippen LogP contribution >= 0.6 is 0 Å². The van der Waals surface area contributed by atoms with Crippen LogP contribution in [-0.4, -0.2) is 44.0 Å². The average Bonchev–Trinajstić information content (AvgIpc) is 2.45. The molecular formula is C15H27NO2. The third kappa shape index (κ3) is 4.69. The SMILES string of the molecule is O=CCCC1CCN(CCC2CCOCC2)CC1. The van der Waals surface area contributed by atoms with Crippen LogP contribution in [0, 0.1) is 11.8 Å². The number of ether oxygens (including phenoxy) is 1. The van der Waals surface area contributed by atoms with Crippen LogP contribution in [0.1, 0.15) is 44.9 Å². The molecule has 0 aliphatic carbocycles. The molecule has 3 heteroatoms. The molecule has 104 valence electrons. The van der Waals surface area contributed by atoms with Crippen LogP contribution in [0.15, 0.2) is 0 Å². The van der Waals surface area contributed by atoms with Crippen molar-refractivity contribution in [2.24, 2.45) is 11.8 Å². The Kier molecular flexibility index (Phi) is 6.15. The lowest BCUT2D eigenvalue weighted by atomic mass is 9.91. The number of aldehydes is 1. The number of carbonyl (C=O) groups excluding carboxylic acids is 1. The summed E-state index contributed by atoms with van der Waals surface area (Å²) < 4.78 is 5.40. The molecule has 2 aliphatic rings. The average molecular weight is 253 g/mol. The summed E-state index contributed by atoms with van der Waals surface area (Å²) in [5, 5.41) is 0. The van der Waals surface area contributed by atoms with Crippen molar-refractivity contribution < 1.29 is 9.53 Å². The first-order valence-electron chi connectivity index (χ1n) is 7.62. The Hall–Kier alpha value is -0.410. The number of rotatable bonds is 6. The topological polar surface area (TPSA) is 29.5 Å². The molecule has 0 aromatic heterocycles. The van der Waals surface area contributed by atoms with E-state index >= 15 is 0 Å². The molecular weight excluding hydrogens is 226 g/mol. The van der Waals surface area contributed by atoms with Gasteiger partial charge in [0.15, 0.2) is 0 Å². The van der Waals surface area contributed by atoms with Crippen molar-refractivity contribution in [2.75, 3.05) is 32.8 Å². The maximum absolute atomic E-state index is 10.4. The minimum atomic E-state index is 0.757. The Bertz CT molecular complexity index is 231. The highest BCUT2D eigenvalue weighted by Crippen LogP contribution is 2.23. The van der Waals surface area contributed by atoms with Gasteiger partial charge in [-0.15, -0.1) is 0 Å². The number of nitrogens with zero attached hydrogens (tertiary/aromatic N) is 1. The van der Waals surface area contributed by atoms with E-state index in [9.17, 15) is 4.79 Å². The van der Waals surface area contributed by atoms with Crippen molar-refractivity contribution in [3.8, 4) is 0 Å². The van der Waals surface area contributed by atoms with E-state index in [1.165, 1.54) is 51.7 Å². The number of piperidine rings is 1. The molecule has 0 atom stereocenters. The lowest BCUT2D eigenvalue weighted by Gasteiger charge is -2.33. The molecule has 0 aromatic carbocycles. The highest BCUT2D eigenvalue weighted by Gasteiger charge is 2.20. The van der Waals surface area contributed by atoms with Crippen molar-refractivity contribution in [3.05, 3.63) is 0 Å². The molecule has 0 aromatic rings. The molecule has 0 unspecified atom stereocenters. The number of carbonyl (C=O) groups is 1. The molecule has 2 fully saturated rings. The molecule has 2 saturated heterocycles. The van der Waals surface area contributed by atoms with E-state index in [1.54, 1.807) is 0 Å². The second kappa shape index (κ2) is 7.90. The molecule has 0 spiro atoms. The number of likely N-dealkylation sites (tertiary alicyclic amines) is 1. The van der Waals surface area contributed by atoms with E-state index in [-0.39, 0.29) is 0 Å². The predicted octanol–water partition coefficient (Wildman–Crippen LogP) is 2.49. The Labute approximate surface area is 111 Å². The van der Waals surface area contributed by atoms with Gasteiger partial charge in [-0.05, 0) is 70.0 Å². The van der Waals surface area contributed by atoms with Crippen molar-refractivity contribution in [1.29, 1.82) is 0 Å². The Morgan fingerprint density at radius 2 is 1.67 bits per heavy atom. The van der Waals surface area contributed by atoms with E-state index in [4.69, 9.17) is 4.74 Å².